The van der Waals surface area contributed by atoms with E-state index in [9.17, 15) is 9.59 Å². The fraction of sp³-hybridized carbons (Fsp3) is 0.100. The minimum Gasteiger partial charge on any atom is -0.324 e. The van der Waals surface area contributed by atoms with Crippen LogP contribution in [0.4, 0.5) is 10.8 Å². The lowest BCUT2D eigenvalue weighted by molar-refractivity contribution is 0.615. The number of nitrogens with one attached hydrogen (secondary N) is 1. The number of benzene rings is 2. The van der Waals surface area contributed by atoms with E-state index < -0.39 is 5.56 Å². The van der Waals surface area contributed by atoms with E-state index in [0.29, 0.717) is 11.7 Å². The van der Waals surface area contributed by atoms with Crippen LogP contribution >= 0.6 is 11.3 Å². The molecule has 0 saturated carbocycles. The Bertz CT molecular complexity index is 1170. The predicted molar refractivity (Wildman–Crippen MR) is 109 cm³/mol. The standard InChI is InChI=1S/C20H17N5O2S/c26-18-17(22-19-23-21-14-28-19)13-24(11-15-7-3-1-4-8-15)20(27)25(18)12-16-9-5-2-6-10-16/h1-10,13-14H,11-12H2,(H,22,23). The molecule has 0 aliphatic rings. The Hall–Kier alpha value is -3.52. The fourth-order valence-corrected chi connectivity index (χ4v) is 3.34. The molecular weight excluding hydrogens is 374 g/mol. The molecule has 0 atom stereocenters. The molecule has 0 bridgehead atoms. The lowest BCUT2D eigenvalue weighted by atomic mass is 10.2. The van der Waals surface area contributed by atoms with E-state index in [4.69, 9.17) is 0 Å². The molecule has 0 fully saturated rings. The summed E-state index contributed by atoms with van der Waals surface area (Å²) in [4.78, 5) is 26.0. The first kappa shape index (κ1) is 17.9. The molecule has 4 aromatic rings. The molecule has 0 radical (unpaired) electrons. The van der Waals surface area contributed by atoms with Gasteiger partial charge in [-0.15, -0.1) is 10.2 Å². The third-order valence-corrected chi connectivity index (χ3v) is 4.82. The highest BCUT2D eigenvalue weighted by atomic mass is 32.1. The SMILES string of the molecule is O=c1c(Nc2nncs2)cn(Cc2ccccc2)c(=O)n1Cc1ccccc1. The molecule has 4 rings (SSSR count). The molecule has 0 amide bonds. The molecule has 0 saturated heterocycles. The van der Waals surface area contributed by atoms with Crippen molar-refractivity contribution < 1.29 is 0 Å². The zero-order chi connectivity index (χ0) is 19.3. The van der Waals surface area contributed by atoms with Crippen molar-refractivity contribution in [3.63, 3.8) is 0 Å². The summed E-state index contributed by atoms with van der Waals surface area (Å²) in [5.41, 5.74) is 2.94. The second kappa shape index (κ2) is 8.01. The average Bonchev–Trinajstić information content (AvgIpc) is 3.24. The predicted octanol–water partition coefficient (Wildman–Crippen LogP) is 2.70. The van der Waals surface area contributed by atoms with Gasteiger partial charge in [-0.3, -0.25) is 13.9 Å². The van der Waals surface area contributed by atoms with E-state index in [2.05, 4.69) is 15.5 Å². The van der Waals surface area contributed by atoms with Gasteiger partial charge < -0.3 is 5.32 Å². The normalized spacial score (nSPS) is 10.7. The van der Waals surface area contributed by atoms with Crippen LogP contribution in [0.5, 0.6) is 0 Å². The minimum atomic E-state index is -0.395. The van der Waals surface area contributed by atoms with Gasteiger partial charge >= 0.3 is 5.69 Å². The highest BCUT2D eigenvalue weighted by molar-refractivity contribution is 7.13. The van der Waals surface area contributed by atoms with E-state index in [1.165, 1.54) is 20.5 Å². The Morgan fingerprint density at radius 3 is 2.14 bits per heavy atom. The molecule has 140 valence electrons. The zero-order valence-corrected chi connectivity index (χ0v) is 15.7. The van der Waals surface area contributed by atoms with Crippen LogP contribution in [0.3, 0.4) is 0 Å². The summed E-state index contributed by atoms with van der Waals surface area (Å²) < 4.78 is 2.77. The third kappa shape index (κ3) is 3.91. The minimum absolute atomic E-state index is 0.193. The van der Waals surface area contributed by atoms with Crippen LogP contribution < -0.4 is 16.6 Å². The summed E-state index contributed by atoms with van der Waals surface area (Å²) in [6.07, 6.45) is 1.54. The highest BCUT2D eigenvalue weighted by Gasteiger charge is 2.13. The van der Waals surface area contributed by atoms with Gasteiger partial charge in [0.05, 0.1) is 13.1 Å². The van der Waals surface area contributed by atoms with Crippen LogP contribution in [-0.4, -0.2) is 19.3 Å². The molecule has 2 heterocycles. The van der Waals surface area contributed by atoms with Crippen LogP contribution in [-0.2, 0) is 13.1 Å². The first-order valence-corrected chi connectivity index (χ1v) is 9.54. The van der Waals surface area contributed by atoms with Gasteiger partial charge in [0, 0.05) is 6.20 Å². The van der Waals surface area contributed by atoms with Gasteiger partial charge in [-0.25, -0.2) is 4.79 Å². The summed E-state index contributed by atoms with van der Waals surface area (Å²) in [5.74, 6) is 0. The Kier molecular flexibility index (Phi) is 5.11. The Labute approximate surface area is 164 Å². The maximum absolute atomic E-state index is 13.0. The Balaban J connectivity index is 1.79. The lowest BCUT2D eigenvalue weighted by Gasteiger charge is -2.13. The van der Waals surface area contributed by atoms with E-state index in [1.807, 2.05) is 60.7 Å². The third-order valence-electron chi connectivity index (χ3n) is 4.22. The van der Waals surface area contributed by atoms with Crippen LogP contribution in [0.25, 0.3) is 0 Å². The van der Waals surface area contributed by atoms with Gasteiger partial charge in [0.15, 0.2) is 0 Å². The van der Waals surface area contributed by atoms with E-state index in [0.717, 1.165) is 11.1 Å². The van der Waals surface area contributed by atoms with Gasteiger partial charge in [-0.2, -0.15) is 0 Å². The largest absolute Gasteiger partial charge is 0.331 e. The molecule has 1 N–H and O–H groups in total. The quantitative estimate of drug-likeness (QED) is 0.547. The maximum atomic E-state index is 13.0. The van der Waals surface area contributed by atoms with Crippen molar-refractivity contribution in [3.8, 4) is 0 Å². The first-order chi connectivity index (χ1) is 13.7. The molecule has 8 heteroatoms. The van der Waals surface area contributed by atoms with Crippen molar-refractivity contribution in [2.75, 3.05) is 5.32 Å². The van der Waals surface area contributed by atoms with Crippen LogP contribution in [0.2, 0.25) is 0 Å². The van der Waals surface area contributed by atoms with E-state index in [-0.39, 0.29) is 17.9 Å². The second-order valence-electron chi connectivity index (χ2n) is 6.18. The number of rotatable bonds is 6. The molecule has 0 unspecified atom stereocenters. The topological polar surface area (TPSA) is 81.8 Å². The molecule has 0 aliphatic carbocycles. The van der Waals surface area contributed by atoms with Crippen molar-refractivity contribution in [2.45, 2.75) is 13.1 Å². The summed E-state index contributed by atoms with van der Waals surface area (Å²) in [6, 6.07) is 19.1. The van der Waals surface area contributed by atoms with Gasteiger partial charge in [-0.05, 0) is 11.1 Å². The molecule has 28 heavy (non-hydrogen) atoms. The van der Waals surface area contributed by atoms with Crippen LogP contribution in [0, 0.1) is 0 Å². The number of nitrogens with zero attached hydrogens (tertiary/aromatic N) is 4. The summed E-state index contributed by atoms with van der Waals surface area (Å²) >= 11 is 1.28. The smallest absolute Gasteiger partial charge is 0.324 e. The monoisotopic (exact) mass is 391 g/mol. The van der Waals surface area contributed by atoms with Crippen molar-refractivity contribution >= 4 is 22.2 Å². The lowest BCUT2D eigenvalue weighted by Crippen LogP contribution is -2.40. The maximum Gasteiger partial charge on any atom is 0.331 e. The van der Waals surface area contributed by atoms with Crippen LogP contribution in [0.1, 0.15) is 11.1 Å². The number of hydrogen-bond acceptors (Lipinski definition) is 6. The van der Waals surface area contributed by atoms with Gasteiger partial charge in [0.25, 0.3) is 5.56 Å². The Morgan fingerprint density at radius 1 is 0.893 bits per heavy atom. The highest BCUT2D eigenvalue weighted by Crippen LogP contribution is 2.14. The van der Waals surface area contributed by atoms with E-state index in [1.54, 1.807) is 11.7 Å². The Morgan fingerprint density at radius 2 is 1.54 bits per heavy atom. The molecule has 2 aromatic carbocycles. The molecule has 7 nitrogen and oxygen atoms in total. The van der Waals surface area contributed by atoms with Crippen molar-refractivity contribution in [2.24, 2.45) is 0 Å². The van der Waals surface area contributed by atoms with Crippen molar-refractivity contribution in [1.29, 1.82) is 0 Å². The van der Waals surface area contributed by atoms with Crippen molar-refractivity contribution in [1.82, 2.24) is 19.3 Å². The fourth-order valence-electron chi connectivity index (χ4n) is 2.88. The molecule has 2 aromatic heterocycles. The summed E-state index contributed by atoms with van der Waals surface area (Å²) in [5, 5.41) is 11.2. The second-order valence-corrected chi connectivity index (χ2v) is 7.02. The average molecular weight is 391 g/mol. The number of hydrogen-bond donors (Lipinski definition) is 1. The van der Waals surface area contributed by atoms with E-state index >= 15 is 0 Å². The number of anilines is 2. The van der Waals surface area contributed by atoms with Gasteiger partial charge in [0.2, 0.25) is 5.13 Å². The molecule has 0 spiro atoms. The van der Waals surface area contributed by atoms with Crippen molar-refractivity contribution in [3.05, 3.63) is 104 Å². The summed E-state index contributed by atoms with van der Waals surface area (Å²) in [7, 11) is 0. The van der Waals surface area contributed by atoms with Gasteiger partial charge in [-0.1, -0.05) is 72.0 Å². The van der Waals surface area contributed by atoms with Crippen LogP contribution in [0.15, 0.2) is 82.0 Å². The summed E-state index contributed by atoms with van der Waals surface area (Å²) in [6.45, 7) is 0.554. The zero-order valence-electron chi connectivity index (χ0n) is 14.9. The molecule has 0 aliphatic heterocycles. The first-order valence-electron chi connectivity index (χ1n) is 8.66. The number of aromatic nitrogens is 4. The molecular formula is C20H17N5O2S. The van der Waals surface area contributed by atoms with Gasteiger partial charge in [0.1, 0.15) is 11.2 Å².